The van der Waals surface area contributed by atoms with E-state index >= 15 is 0 Å². The highest BCUT2D eigenvalue weighted by molar-refractivity contribution is 7.13. The second-order valence-electron chi connectivity index (χ2n) is 5.73. The molecule has 134 valence electrons. The number of aryl methyl sites for hydroxylation is 1. The fourth-order valence-corrected chi connectivity index (χ4v) is 3.24. The van der Waals surface area contributed by atoms with Crippen LogP contribution in [0.2, 0.25) is 0 Å². The SMILES string of the molecule is Cn1nc(-c2ccccc2NC(=O)c2cc(-c3cccs3)on2)ccc1=O. The van der Waals surface area contributed by atoms with Gasteiger partial charge in [-0.1, -0.05) is 29.4 Å². The summed E-state index contributed by atoms with van der Waals surface area (Å²) in [7, 11) is 1.58. The van der Waals surface area contributed by atoms with Crippen molar-refractivity contribution in [1.82, 2.24) is 14.9 Å². The molecule has 4 aromatic rings. The summed E-state index contributed by atoms with van der Waals surface area (Å²) in [6.45, 7) is 0. The van der Waals surface area contributed by atoms with Crippen molar-refractivity contribution < 1.29 is 9.32 Å². The molecule has 1 amide bonds. The molecule has 0 bridgehead atoms. The number of hydrogen-bond donors (Lipinski definition) is 1. The van der Waals surface area contributed by atoms with Crippen molar-refractivity contribution in [2.45, 2.75) is 0 Å². The Morgan fingerprint density at radius 3 is 2.78 bits per heavy atom. The van der Waals surface area contributed by atoms with Crippen LogP contribution in [0.5, 0.6) is 0 Å². The van der Waals surface area contributed by atoms with Gasteiger partial charge in [-0.05, 0) is 23.6 Å². The van der Waals surface area contributed by atoms with Gasteiger partial charge < -0.3 is 9.84 Å². The Kier molecular flexibility index (Phi) is 4.39. The first-order valence-corrected chi connectivity index (χ1v) is 8.95. The smallest absolute Gasteiger partial charge is 0.277 e. The highest BCUT2D eigenvalue weighted by Gasteiger charge is 2.16. The van der Waals surface area contributed by atoms with E-state index in [4.69, 9.17) is 4.52 Å². The van der Waals surface area contributed by atoms with Crippen LogP contribution in [0.15, 0.2) is 69.3 Å². The van der Waals surface area contributed by atoms with Gasteiger partial charge in [0.25, 0.3) is 11.5 Å². The standard InChI is InChI=1S/C19H14N4O3S/c1-23-18(24)9-8-14(21-23)12-5-2-3-6-13(12)20-19(25)15-11-16(26-22-15)17-7-4-10-27-17/h2-11H,1H3,(H,20,25). The lowest BCUT2D eigenvalue weighted by Gasteiger charge is -2.10. The second-order valence-corrected chi connectivity index (χ2v) is 6.68. The van der Waals surface area contributed by atoms with Gasteiger partial charge in [0.1, 0.15) is 0 Å². The van der Waals surface area contributed by atoms with E-state index in [2.05, 4.69) is 15.6 Å². The number of rotatable bonds is 4. The summed E-state index contributed by atoms with van der Waals surface area (Å²) in [6.07, 6.45) is 0. The zero-order chi connectivity index (χ0) is 18.8. The average Bonchev–Trinajstić information content (AvgIpc) is 3.36. The highest BCUT2D eigenvalue weighted by Crippen LogP contribution is 2.28. The molecule has 3 heterocycles. The number of nitrogens with zero attached hydrogens (tertiary/aromatic N) is 3. The molecule has 0 aliphatic carbocycles. The number of amides is 1. The lowest BCUT2D eigenvalue weighted by atomic mass is 10.1. The maximum absolute atomic E-state index is 12.6. The first-order valence-electron chi connectivity index (χ1n) is 8.07. The summed E-state index contributed by atoms with van der Waals surface area (Å²) < 4.78 is 6.51. The third-order valence-electron chi connectivity index (χ3n) is 3.92. The molecular formula is C19H14N4O3S. The van der Waals surface area contributed by atoms with Crippen molar-refractivity contribution in [3.05, 3.63) is 76.0 Å². The monoisotopic (exact) mass is 378 g/mol. The number of carbonyl (C=O) groups is 1. The summed E-state index contributed by atoms with van der Waals surface area (Å²) in [4.78, 5) is 25.1. The summed E-state index contributed by atoms with van der Waals surface area (Å²) >= 11 is 1.51. The Morgan fingerprint density at radius 2 is 2.00 bits per heavy atom. The second kappa shape index (κ2) is 7.00. The predicted molar refractivity (Wildman–Crippen MR) is 103 cm³/mol. The van der Waals surface area contributed by atoms with Gasteiger partial charge in [-0.3, -0.25) is 9.59 Å². The Hall–Kier alpha value is -3.52. The maximum Gasteiger partial charge on any atom is 0.277 e. The Balaban J connectivity index is 1.62. The summed E-state index contributed by atoms with van der Waals surface area (Å²) in [5.74, 6) is 0.155. The molecule has 3 aromatic heterocycles. The fourth-order valence-electron chi connectivity index (χ4n) is 2.56. The van der Waals surface area contributed by atoms with Crippen molar-refractivity contribution in [3.8, 4) is 21.9 Å². The number of benzene rings is 1. The summed E-state index contributed by atoms with van der Waals surface area (Å²) in [5, 5.41) is 12.9. The van der Waals surface area contributed by atoms with Crippen LogP contribution in [0.3, 0.4) is 0 Å². The maximum atomic E-state index is 12.6. The van der Waals surface area contributed by atoms with Gasteiger partial charge >= 0.3 is 0 Å². The van der Waals surface area contributed by atoms with E-state index in [9.17, 15) is 9.59 Å². The third-order valence-corrected chi connectivity index (χ3v) is 4.80. The van der Waals surface area contributed by atoms with Crippen molar-refractivity contribution >= 4 is 22.9 Å². The topological polar surface area (TPSA) is 90.0 Å². The number of nitrogens with one attached hydrogen (secondary N) is 1. The number of para-hydroxylation sites is 1. The van der Waals surface area contributed by atoms with Gasteiger partial charge in [0.15, 0.2) is 11.5 Å². The largest absolute Gasteiger partial charge is 0.355 e. The lowest BCUT2D eigenvalue weighted by Crippen LogP contribution is -2.18. The lowest BCUT2D eigenvalue weighted by molar-refractivity contribution is 0.101. The summed E-state index contributed by atoms with van der Waals surface area (Å²) in [6, 6.07) is 15.7. The van der Waals surface area contributed by atoms with E-state index < -0.39 is 0 Å². The molecule has 0 aliphatic rings. The van der Waals surface area contributed by atoms with Gasteiger partial charge in [0.05, 0.1) is 16.3 Å². The molecule has 0 radical (unpaired) electrons. The van der Waals surface area contributed by atoms with Gasteiger partial charge in [-0.15, -0.1) is 11.3 Å². The molecular weight excluding hydrogens is 364 g/mol. The molecule has 0 fully saturated rings. The van der Waals surface area contributed by atoms with Gasteiger partial charge in [0, 0.05) is 24.7 Å². The van der Waals surface area contributed by atoms with Crippen molar-refractivity contribution in [2.75, 3.05) is 5.32 Å². The first-order chi connectivity index (χ1) is 13.1. The zero-order valence-electron chi connectivity index (χ0n) is 14.2. The summed E-state index contributed by atoms with van der Waals surface area (Å²) in [5.41, 5.74) is 1.82. The van der Waals surface area contributed by atoms with E-state index in [0.29, 0.717) is 22.7 Å². The van der Waals surface area contributed by atoms with E-state index in [-0.39, 0.29) is 17.2 Å². The fraction of sp³-hybridized carbons (Fsp3) is 0.0526. The number of aromatic nitrogens is 3. The van der Waals surface area contributed by atoms with E-state index in [1.165, 1.54) is 22.1 Å². The first kappa shape index (κ1) is 16.9. The molecule has 0 saturated heterocycles. The number of hydrogen-bond acceptors (Lipinski definition) is 6. The van der Waals surface area contributed by atoms with Crippen LogP contribution in [0, 0.1) is 0 Å². The van der Waals surface area contributed by atoms with Gasteiger partial charge in [-0.2, -0.15) is 5.10 Å². The van der Waals surface area contributed by atoms with Crippen molar-refractivity contribution in [2.24, 2.45) is 7.05 Å². The van der Waals surface area contributed by atoms with E-state index in [0.717, 1.165) is 4.88 Å². The van der Waals surface area contributed by atoms with Crippen LogP contribution in [-0.4, -0.2) is 20.8 Å². The normalized spacial score (nSPS) is 10.7. The van der Waals surface area contributed by atoms with Crippen LogP contribution in [-0.2, 0) is 7.05 Å². The molecule has 27 heavy (non-hydrogen) atoms. The average molecular weight is 378 g/mol. The minimum atomic E-state index is -0.390. The van der Waals surface area contributed by atoms with Crippen molar-refractivity contribution in [1.29, 1.82) is 0 Å². The van der Waals surface area contributed by atoms with Crippen LogP contribution >= 0.6 is 11.3 Å². The predicted octanol–water partition coefficient (Wildman–Crippen LogP) is 3.42. The van der Waals surface area contributed by atoms with Crippen LogP contribution in [0.4, 0.5) is 5.69 Å². The molecule has 1 N–H and O–H groups in total. The molecule has 0 unspecified atom stereocenters. The van der Waals surface area contributed by atoms with Crippen LogP contribution in [0.25, 0.3) is 21.9 Å². The Bertz CT molecular complexity index is 1160. The highest BCUT2D eigenvalue weighted by atomic mass is 32.1. The molecule has 4 rings (SSSR count). The molecule has 0 atom stereocenters. The molecule has 8 heteroatoms. The van der Waals surface area contributed by atoms with E-state index in [1.807, 2.05) is 29.6 Å². The zero-order valence-corrected chi connectivity index (χ0v) is 15.1. The molecule has 0 saturated carbocycles. The molecule has 0 spiro atoms. The molecule has 0 aliphatic heterocycles. The number of carbonyl (C=O) groups excluding carboxylic acids is 1. The minimum Gasteiger partial charge on any atom is -0.355 e. The minimum absolute atomic E-state index is 0.182. The van der Waals surface area contributed by atoms with Gasteiger partial charge in [-0.25, -0.2) is 4.68 Å². The Morgan fingerprint density at radius 1 is 1.15 bits per heavy atom. The van der Waals surface area contributed by atoms with Gasteiger partial charge in [0.2, 0.25) is 0 Å². The van der Waals surface area contributed by atoms with Crippen LogP contribution in [0.1, 0.15) is 10.5 Å². The molecule has 1 aromatic carbocycles. The molecule has 7 nitrogen and oxygen atoms in total. The number of thiophene rings is 1. The van der Waals surface area contributed by atoms with Crippen molar-refractivity contribution in [3.63, 3.8) is 0 Å². The quantitative estimate of drug-likeness (QED) is 0.588. The third kappa shape index (κ3) is 3.42. The number of anilines is 1. The van der Waals surface area contributed by atoms with Crippen LogP contribution < -0.4 is 10.9 Å². The van der Waals surface area contributed by atoms with E-state index in [1.54, 1.807) is 31.3 Å². The Labute approximate surface area is 157 Å².